The minimum absolute atomic E-state index is 0.0452. The molecule has 2 aromatic carbocycles. The summed E-state index contributed by atoms with van der Waals surface area (Å²) < 4.78 is 5.47. The SMILES string of the molecule is Cc1ccc(OCC(=O)Nc2ccc(NCc3cccc(C)c3)nc2)cc1. The molecule has 0 aliphatic heterocycles. The number of carbonyl (C=O) groups excluding carboxylic acids is 1. The maximum atomic E-state index is 12.0. The molecule has 0 atom stereocenters. The molecule has 0 aliphatic carbocycles. The molecule has 1 heterocycles. The standard InChI is InChI=1S/C22H23N3O2/c1-16-6-9-20(10-7-16)27-15-22(26)25-19-8-11-21(24-14-19)23-13-18-5-3-4-17(2)12-18/h3-12,14H,13,15H2,1-2H3,(H,23,24)(H,25,26). The number of ether oxygens (including phenoxy) is 1. The monoisotopic (exact) mass is 361 g/mol. The van der Waals surface area contributed by atoms with E-state index in [0.717, 1.165) is 11.4 Å². The van der Waals surface area contributed by atoms with Crippen molar-refractivity contribution >= 4 is 17.4 Å². The topological polar surface area (TPSA) is 63.2 Å². The lowest BCUT2D eigenvalue weighted by molar-refractivity contribution is -0.118. The molecule has 0 fully saturated rings. The van der Waals surface area contributed by atoms with Crippen molar-refractivity contribution in [3.05, 3.63) is 83.6 Å². The fourth-order valence-corrected chi connectivity index (χ4v) is 2.57. The highest BCUT2D eigenvalue weighted by atomic mass is 16.5. The van der Waals surface area contributed by atoms with Crippen LogP contribution in [0.2, 0.25) is 0 Å². The summed E-state index contributed by atoms with van der Waals surface area (Å²) in [6.07, 6.45) is 1.63. The minimum atomic E-state index is -0.224. The molecule has 0 saturated carbocycles. The number of hydrogen-bond acceptors (Lipinski definition) is 4. The van der Waals surface area contributed by atoms with E-state index < -0.39 is 0 Å². The number of nitrogens with zero attached hydrogens (tertiary/aromatic N) is 1. The molecule has 3 rings (SSSR count). The third-order valence-corrected chi connectivity index (χ3v) is 3.99. The normalized spacial score (nSPS) is 10.3. The van der Waals surface area contributed by atoms with Gasteiger partial charge in [0.2, 0.25) is 0 Å². The molecule has 1 aromatic heterocycles. The first-order valence-corrected chi connectivity index (χ1v) is 8.83. The van der Waals surface area contributed by atoms with Crippen LogP contribution in [0.1, 0.15) is 16.7 Å². The second kappa shape index (κ2) is 8.85. The van der Waals surface area contributed by atoms with Gasteiger partial charge in [-0.05, 0) is 43.7 Å². The van der Waals surface area contributed by atoms with Crippen molar-refractivity contribution in [2.24, 2.45) is 0 Å². The maximum absolute atomic E-state index is 12.0. The number of hydrogen-bond donors (Lipinski definition) is 2. The number of aryl methyl sites for hydroxylation is 2. The summed E-state index contributed by atoms with van der Waals surface area (Å²) in [7, 11) is 0. The first kappa shape index (κ1) is 18.5. The van der Waals surface area contributed by atoms with Crippen molar-refractivity contribution in [2.75, 3.05) is 17.2 Å². The van der Waals surface area contributed by atoms with Gasteiger partial charge in [0.15, 0.2) is 6.61 Å². The fourth-order valence-electron chi connectivity index (χ4n) is 2.57. The van der Waals surface area contributed by atoms with E-state index in [1.165, 1.54) is 11.1 Å². The minimum Gasteiger partial charge on any atom is -0.484 e. The predicted molar refractivity (Wildman–Crippen MR) is 108 cm³/mol. The largest absolute Gasteiger partial charge is 0.484 e. The molecule has 0 aliphatic rings. The summed E-state index contributed by atoms with van der Waals surface area (Å²) in [6, 6.07) is 19.6. The van der Waals surface area contributed by atoms with E-state index in [1.54, 1.807) is 6.20 Å². The number of anilines is 2. The smallest absolute Gasteiger partial charge is 0.262 e. The molecule has 0 bridgehead atoms. The van der Waals surface area contributed by atoms with Crippen molar-refractivity contribution < 1.29 is 9.53 Å². The Balaban J connectivity index is 1.46. The summed E-state index contributed by atoms with van der Waals surface area (Å²) in [4.78, 5) is 16.3. The van der Waals surface area contributed by atoms with Crippen LogP contribution in [0.25, 0.3) is 0 Å². The first-order chi connectivity index (χ1) is 13.1. The van der Waals surface area contributed by atoms with E-state index in [2.05, 4.69) is 40.7 Å². The Bertz CT molecular complexity index is 890. The Labute approximate surface area is 159 Å². The van der Waals surface area contributed by atoms with E-state index >= 15 is 0 Å². The van der Waals surface area contributed by atoms with Crippen molar-refractivity contribution in [3.63, 3.8) is 0 Å². The van der Waals surface area contributed by atoms with Gasteiger partial charge in [-0.1, -0.05) is 47.5 Å². The van der Waals surface area contributed by atoms with Crippen molar-refractivity contribution in [1.82, 2.24) is 4.98 Å². The zero-order valence-corrected chi connectivity index (χ0v) is 15.5. The van der Waals surface area contributed by atoms with Gasteiger partial charge in [0.05, 0.1) is 11.9 Å². The molecule has 1 amide bonds. The summed E-state index contributed by atoms with van der Waals surface area (Å²) in [5.74, 6) is 1.20. The number of aromatic nitrogens is 1. The van der Waals surface area contributed by atoms with E-state index in [9.17, 15) is 4.79 Å². The lowest BCUT2D eigenvalue weighted by Gasteiger charge is -2.09. The van der Waals surface area contributed by atoms with Gasteiger partial charge in [-0.3, -0.25) is 4.79 Å². The van der Waals surface area contributed by atoms with Gasteiger partial charge < -0.3 is 15.4 Å². The van der Waals surface area contributed by atoms with Crippen molar-refractivity contribution in [1.29, 1.82) is 0 Å². The second-order valence-electron chi connectivity index (χ2n) is 6.42. The van der Waals surface area contributed by atoms with Crippen LogP contribution in [-0.4, -0.2) is 17.5 Å². The molecule has 0 saturated heterocycles. The molecule has 27 heavy (non-hydrogen) atoms. The molecule has 138 valence electrons. The van der Waals surface area contributed by atoms with E-state index in [0.29, 0.717) is 18.0 Å². The molecule has 2 N–H and O–H groups in total. The number of carbonyl (C=O) groups is 1. The maximum Gasteiger partial charge on any atom is 0.262 e. The van der Waals surface area contributed by atoms with E-state index in [-0.39, 0.29) is 12.5 Å². The highest BCUT2D eigenvalue weighted by Gasteiger charge is 2.05. The van der Waals surface area contributed by atoms with E-state index in [4.69, 9.17) is 4.74 Å². The molecule has 0 unspecified atom stereocenters. The van der Waals surface area contributed by atoms with Crippen LogP contribution in [0.5, 0.6) is 5.75 Å². The molecule has 0 spiro atoms. The summed E-state index contributed by atoms with van der Waals surface area (Å²) in [5, 5.41) is 6.05. The molecular formula is C22H23N3O2. The number of nitrogens with one attached hydrogen (secondary N) is 2. The molecule has 5 heteroatoms. The highest BCUT2D eigenvalue weighted by molar-refractivity contribution is 5.91. The second-order valence-corrected chi connectivity index (χ2v) is 6.42. The summed E-state index contributed by atoms with van der Waals surface area (Å²) in [6.45, 7) is 4.73. The third kappa shape index (κ3) is 5.85. The van der Waals surface area contributed by atoms with E-state index in [1.807, 2.05) is 49.4 Å². The number of rotatable bonds is 7. The Morgan fingerprint density at radius 2 is 1.81 bits per heavy atom. The van der Waals surface area contributed by atoms with Gasteiger partial charge >= 0.3 is 0 Å². The average molecular weight is 361 g/mol. The van der Waals surface area contributed by atoms with Crippen LogP contribution in [0.3, 0.4) is 0 Å². The summed E-state index contributed by atoms with van der Waals surface area (Å²) in [5.41, 5.74) is 4.21. The lowest BCUT2D eigenvalue weighted by atomic mass is 10.1. The van der Waals surface area contributed by atoms with Crippen LogP contribution < -0.4 is 15.4 Å². The summed E-state index contributed by atoms with van der Waals surface area (Å²) >= 11 is 0. The molecule has 5 nitrogen and oxygen atoms in total. The molecule has 3 aromatic rings. The lowest BCUT2D eigenvalue weighted by Crippen LogP contribution is -2.20. The average Bonchev–Trinajstić information content (AvgIpc) is 2.67. The van der Waals surface area contributed by atoms with Gasteiger partial charge in [0.1, 0.15) is 11.6 Å². The zero-order valence-electron chi connectivity index (χ0n) is 15.5. The Hall–Kier alpha value is -3.34. The van der Waals surface area contributed by atoms with Gasteiger partial charge in [0, 0.05) is 6.54 Å². The molecular weight excluding hydrogens is 338 g/mol. The van der Waals surface area contributed by atoms with Crippen LogP contribution in [0.15, 0.2) is 66.9 Å². The third-order valence-electron chi connectivity index (χ3n) is 3.99. The zero-order chi connectivity index (χ0) is 19.1. The number of pyridine rings is 1. The molecule has 0 radical (unpaired) electrons. The van der Waals surface area contributed by atoms with Crippen LogP contribution in [0.4, 0.5) is 11.5 Å². The van der Waals surface area contributed by atoms with Gasteiger partial charge in [-0.15, -0.1) is 0 Å². The van der Waals surface area contributed by atoms with Crippen LogP contribution in [-0.2, 0) is 11.3 Å². The Morgan fingerprint density at radius 1 is 1.00 bits per heavy atom. The number of benzene rings is 2. The van der Waals surface area contributed by atoms with Crippen molar-refractivity contribution in [3.8, 4) is 5.75 Å². The van der Waals surface area contributed by atoms with Gasteiger partial charge in [-0.2, -0.15) is 0 Å². The van der Waals surface area contributed by atoms with Crippen LogP contribution in [0, 0.1) is 13.8 Å². The predicted octanol–water partition coefficient (Wildman–Crippen LogP) is 4.33. The Kier molecular flexibility index (Phi) is 6.05. The van der Waals surface area contributed by atoms with Gasteiger partial charge in [-0.25, -0.2) is 4.98 Å². The highest BCUT2D eigenvalue weighted by Crippen LogP contribution is 2.13. The van der Waals surface area contributed by atoms with Gasteiger partial charge in [0.25, 0.3) is 5.91 Å². The Morgan fingerprint density at radius 3 is 2.52 bits per heavy atom. The van der Waals surface area contributed by atoms with Crippen molar-refractivity contribution in [2.45, 2.75) is 20.4 Å². The fraction of sp³-hybridized carbons (Fsp3) is 0.182. The quantitative estimate of drug-likeness (QED) is 0.657. The van der Waals surface area contributed by atoms with Crippen LogP contribution >= 0.6 is 0 Å². The first-order valence-electron chi connectivity index (χ1n) is 8.83. The number of amides is 1.